The number of hydrogen-bond donors (Lipinski definition) is 1. The number of rotatable bonds is 5. The van der Waals surface area contributed by atoms with Crippen LogP contribution in [0.15, 0.2) is 24.3 Å². The van der Waals surface area contributed by atoms with E-state index in [1.165, 1.54) is 12.1 Å². The van der Waals surface area contributed by atoms with Gasteiger partial charge in [0.1, 0.15) is 18.2 Å². The normalized spacial score (nSPS) is 21.0. The molecule has 0 radical (unpaired) electrons. The number of benzene rings is 1. The van der Waals surface area contributed by atoms with Crippen LogP contribution in [-0.2, 0) is 4.79 Å². The van der Waals surface area contributed by atoms with Gasteiger partial charge in [0, 0.05) is 32.7 Å². The lowest BCUT2D eigenvalue weighted by Crippen LogP contribution is -2.39. The highest BCUT2D eigenvalue weighted by atomic mass is 19.1. The average Bonchev–Trinajstić information content (AvgIpc) is 2.63. The minimum Gasteiger partial charge on any atom is -0.492 e. The van der Waals surface area contributed by atoms with E-state index in [0.717, 1.165) is 19.6 Å². The first-order valence-electron chi connectivity index (χ1n) is 7.13. The molecule has 0 spiro atoms. The summed E-state index contributed by atoms with van der Waals surface area (Å²) in [5, 5.41) is 0. The summed E-state index contributed by atoms with van der Waals surface area (Å²) in [7, 11) is 1.99. The van der Waals surface area contributed by atoms with Crippen molar-refractivity contribution in [1.29, 1.82) is 0 Å². The van der Waals surface area contributed by atoms with Crippen molar-refractivity contribution in [3.05, 3.63) is 30.1 Å². The Morgan fingerprint density at radius 1 is 1.33 bits per heavy atom. The molecule has 6 heteroatoms. The van der Waals surface area contributed by atoms with Gasteiger partial charge in [0.25, 0.3) is 0 Å². The standard InChI is InChI=1S/C15H22FN3O2/c1-18-6-7-19(11-12(10-18)15(17)20)8-9-21-14-4-2-13(16)3-5-14/h2-5,12H,6-11H2,1H3,(H2,17,20). The van der Waals surface area contributed by atoms with Crippen LogP contribution in [0, 0.1) is 11.7 Å². The van der Waals surface area contributed by atoms with Gasteiger partial charge in [0.2, 0.25) is 5.91 Å². The summed E-state index contributed by atoms with van der Waals surface area (Å²) < 4.78 is 18.4. The van der Waals surface area contributed by atoms with Crippen molar-refractivity contribution in [3.63, 3.8) is 0 Å². The number of nitrogens with two attached hydrogens (primary N) is 1. The first kappa shape index (κ1) is 15.7. The third-order valence-corrected chi connectivity index (χ3v) is 3.70. The molecule has 1 aromatic carbocycles. The first-order chi connectivity index (χ1) is 10.0. The molecule has 1 atom stereocenters. The van der Waals surface area contributed by atoms with E-state index in [9.17, 15) is 9.18 Å². The van der Waals surface area contributed by atoms with Crippen LogP contribution in [0.1, 0.15) is 0 Å². The maximum atomic E-state index is 12.8. The van der Waals surface area contributed by atoms with Crippen LogP contribution in [0.25, 0.3) is 0 Å². The number of halogens is 1. The Morgan fingerprint density at radius 3 is 2.71 bits per heavy atom. The van der Waals surface area contributed by atoms with Gasteiger partial charge < -0.3 is 15.4 Å². The fourth-order valence-electron chi connectivity index (χ4n) is 2.45. The zero-order valence-electron chi connectivity index (χ0n) is 12.3. The third kappa shape index (κ3) is 4.99. The number of likely N-dealkylation sites (N-methyl/N-ethyl adjacent to an activating group) is 1. The molecule has 1 heterocycles. The molecule has 1 fully saturated rings. The van der Waals surface area contributed by atoms with Crippen LogP contribution in [0.5, 0.6) is 5.75 Å². The number of amides is 1. The highest BCUT2D eigenvalue weighted by molar-refractivity contribution is 5.77. The molecule has 1 unspecified atom stereocenters. The summed E-state index contributed by atoms with van der Waals surface area (Å²) in [5.41, 5.74) is 5.44. The molecule has 0 aliphatic carbocycles. The summed E-state index contributed by atoms with van der Waals surface area (Å²) in [6.07, 6.45) is 0. The zero-order valence-corrected chi connectivity index (χ0v) is 12.3. The Balaban J connectivity index is 1.81. The number of ether oxygens (including phenoxy) is 1. The number of carbonyl (C=O) groups excluding carboxylic acids is 1. The Labute approximate surface area is 124 Å². The molecule has 1 aromatic rings. The van der Waals surface area contributed by atoms with E-state index in [1.54, 1.807) is 12.1 Å². The van der Waals surface area contributed by atoms with Gasteiger partial charge in [-0.2, -0.15) is 0 Å². The Bertz CT molecular complexity index is 466. The van der Waals surface area contributed by atoms with Gasteiger partial charge in [-0.05, 0) is 31.3 Å². The van der Waals surface area contributed by atoms with Crippen molar-refractivity contribution in [2.45, 2.75) is 0 Å². The van der Waals surface area contributed by atoms with Crippen LogP contribution in [0.2, 0.25) is 0 Å². The SMILES string of the molecule is CN1CCN(CCOc2ccc(F)cc2)CC(C(N)=O)C1. The monoisotopic (exact) mass is 295 g/mol. The second kappa shape index (κ2) is 7.38. The summed E-state index contributed by atoms with van der Waals surface area (Å²) in [5.74, 6) is -0.0338. The molecule has 116 valence electrons. The molecule has 2 N–H and O–H groups in total. The first-order valence-corrected chi connectivity index (χ1v) is 7.13. The van der Waals surface area contributed by atoms with Crippen molar-refractivity contribution in [3.8, 4) is 5.75 Å². The largest absolute Gasteiger partial charge is 0.492 e. The van der Waals surface area contributed by atoms with E-state index < -0.39 is 0 Å². The summed E-state index contributed by atoms with van der Waals surface area (Å²) in [4.78, 5) is 15.7. The Hall–Kier alpha value is -1.66. The lowest BCUT2D eigenvalue weighted by molar-refractivity contribution is -0.122. The van der Waals surface area contributed by atoms with Crippen molar-refractivity contribution in [2.24, 2.45) is 11.7 Å². The second-order valence-corrected chi connectivity index (χ2v) is 5.46. The average molecular weight is 295 g/mol. The summed E-state index contributed by atoms with van der Waals surface area (Å²) >= 11 is 0. The zero-order chi connectivity index (χ0) is 15.2. The molecule has 0 aromatic heterocycles. The topological polar surface area (TPSA) is 58.8 Å². The lowest BCUT2D eigenvalue weighted by Gasteiger charge is -2.22. The van der Waals surface area contributed by atoms with E-state index in [1.807, 2.05) is 7.05 Å². The van der Waals surface area contributed by atoms with E-state index in [4.69, 9.17) is 10.5 Å². The fourth-order valence-corrected chi connectivity index (χ4v) is 2.45. The minimum absolute atomic E-state index is 0.150. The van der Waals surface area contributed by atoms with Gasteiger partial charge in [-0.25, -0.2) is 4.39 Å². The number of carbonyl (C=O) groups is 1. The van der Waals surface area contributed by atoms with Crippen molar-refractivity contribution in [2.75, 3.05) is 46.4 Å². The molecule has 1 aliphatic rings. The summed E-state index contributed by atoms with van der Waals surface area (Å²) in [6.45, 7) is 4.36. The van der Waals surface area contributed by atoms with E-state index in [0.29, 0.717) is 25.4 Å². The smallest absolute Gasteiger partial charge is 0.223 e. The van der Waals surface area contributed by atoms with Gasteiger partial charge in [0.05, 0.1) is 5.92 Å². The third-order valence-electron chi connectivity index (χ3n) is 3.70. The van der Waals surface area contributed by atoms with Gasteiger partial charge >= 0.3 is 0 Å². The number of primary amides is 1. The molecule has 21 heavy (non-hydrogen) atoms. The molecule has 0 saturated carbocycles. The molecular formula is C15H22FN3O2. The van der Waals surface area contributed by atoms with Gasteiger partial charge in [-0.1, -0.05) is 0 Å². The highest BCUT2D eigenvalue weighted by Gasteiger charge is 2.24. The Kier molecular flexibility index (Phi) is 5.52. The van der Waals surface area contributed by atoms with Crippen LogP contribution < -0.4 is 10.5 Å². The maximum absolute atomic E-state index is 12.8. The predicted octanol–water partition coefficient (Wildman–Crippen LogP) is 0.553. The molecule has 5 nitrogen and oxygen atoms in total. The molecule has 2 rings (SSSR count). The highest BCUT2D eigenvalue weighted by Crippen LogP contribution is 2.12. The fraction of sp³-hybridized carbons (Fsp3) is 0.533. The molecule has 1 amide bonds. The van der Waals surface area contributed by atoms with Crippen LogP contribution >= 0.6 is 0 Å². The predicted molar refractivity (Wildman–Crippen MR) is 78.5 cm³/mol. The van der Waals surface area contributed by atoms with Gasteiger partial charge in [0.15, 0.2) is 0 Å². The van der Waals surface area contributed by atoms with Gasteiger partial charge in [-0.15, -0.1) is 0 Å². The Morgan fingerprint density at radius 2 is 2.05 bits per heavy atom. The molecule has 1 aliphatic heterocycles. The molecular weight excluding hydrogens is 273 g/mol. The summed E-state index contributed by atoms with van der Waals surface area (Å²) in [6, 6.07) is 5.97. The maximum Gasteiger partial charge on any atom is 0.223 e. The van der Waals surface area contributed by atoms with E-state index >= 15 is 0 Å². The number of nitrogens with zero attached hydrogens (tertiary/aromatic N) is 2. The second-order valence-electron chi connectivity index (χ2n) is 5.46. The number of hydrogen-bond acceptors (Lipinski definition) is 4. The van der Waals surface area contributed by atoms with E-state index in [-0.39, 0.29) is 17.6 Å². The van der Waals surface area contributed by atoms with Crippen LogP contribution in [0.3, 0.4) is 0 Å². The van der Waals surface area contributed by atoms with Gasteiger partial charge in [-0.3, -0.25) is 9.69 Å². The lowest BCUT2D eigenvalue weighted by atomic mass is 10.1. The van der Waals surface area contributed by atoms with Crippen molar-refractivity contribution < 1.29 is 13.9 Å². The quantitative estimate of drug-likeness (QED) is 0.862. The molecule has 0 bridgehead atoms. The van der Waals surface area contributed by atoms with Crippen LogP contribution in [0.4, 0.5) is 4.39 Å². The van der Waals surface area contributed by atoms with Crippen molar-refractivity contribution >= 4 is 5.91 Å². The van der Waals surface area contributed by atoms with E-state index in [2.05, 4.69) is 9.80 Å². The van der Waals surface area contributed by atoms with Crippen molar-refractivity contribution in [1.82, 2.24) is 9.80 Å². The van der Waals surface area contributed by atoms with Crippen LogP contribution in [-0.4, -0.2) is 62.1 Å². The molecule has 1 saturated heterocycles. The minimum atomic E-state index is -0.276.